The van der Waals surface area contributed by atoms with Gasteiger partial charge < -0.3 is 15.4 Å². The highest BCUT2D eigenvalue weighted by atomic mass is 35.5. The molecule has 2 N–H and O–H groups in total. The molecule has 11 heteroatoms. The molecule has 0 radical (unpaired) electrons. The standard InChI is InChI=1S/C22H20ClF2N5O3/c1-26-8-19(31)30-12-27-17-5-2-13(6-18(17)30)9-29-11-28-21(20(23)22(29)32)33-10-14-3-4-15(24)7-16(14)25/h2-7,11,26-27H,8-10,12H2,1H3. The zero-order chi connectivity index (χ0) is 23.5. The van der Waals surface area contributed by atoms with Gasteiger partial charge in [0.2, 0.25) is 11.8 Å². The molecule has 1 aliphatic heterocycles. The van der Waals surface area contributed by atoms with Crippen molar-refractivity contribution in [2.75, 3.05) is 30.5 Å². The summed E-state index contributed by atoms with van der Waals surface area (Å²) in [4.78, 5) is 30.7. The number of benzene rings is 2. The Balaban J connectivity index is 1.51. The summed E-state index contributed by atoms with van der Waals surface area (Å²) in [5.74, 6) is -1.70. The second kappa shape index (κ2) is 9.55. The monoisotopic (exact) mass is 475 g/mol. The average Bonchev–Trinajstić information content (AvgIpc) is 3.21. The summed E-state index contributed by atoms with van der Waals surface area (Å²) in [6.45, 7) is 0.470. The van der Waals surface area contributed by atoms with E-state index in [1.807, 2.05) is 18.2 Å². The molecule has 1 amide bonds. The fraction of sp³-hybridized carbons (Fsp3) is 0.227. The Kier molecular flexibility index (Phi) is 6.57. The van der Waals surface area contributed by atoms with Crippen molar-refractivity contribution in [2.45, 2.75) is 13.2 Å². The predicted octanol–water partition coefficient (Wildman–Crippen LogP) is 2.74. The number of carbonyl (C=O) groups excluding carboxylic acids is 1. The number of amides is 1. The Morgan fingerprint density at radius 1 is 1.27 bits per heavy atom. The molecule has 0 unspecified atom stereocenters. The third-order valence-corrected chi connectivity index (χ3v) is 5.42. The van der Waals surface area contributed by atoms with Crippen LogP contribution in [-0.2, 0) is 17.9 Å². The van der Waals surface area contributed by atoms with E-state index in [0.717, 1.165) is 29.1 Å². The van der Waals surface area contributed by atoms with Crippen LogP contribution in [0.15, 0.2) is 47.5 Å². The van der Waals surface area contributed by atoms with E-state index in [1.165, 1.54) is 17.0 Å². The maximum Gasteiger partial charge on any atom is 0.276 e. The van der Waals surface area contributed by atoms with Crippen molar-refractivity contribution in [2.24, 2.45) is 0 Å². The number of aromatic nitrogens is 2. The number of halogens is 3. The SMILES string of the molecule is CNCC(=O)N1CNc2ccc(Cn3cnc(OCc4ccc(F)cc4F)c(Cl)c3=O)cc21. The number of fused-ring (bicyclic) bond motifs is 1. The van der Waals surface area contributed by atoms with Crippen molar-refractivity contribution >= 4 is 28.9 Å². The van der Waals surface area contributed by atoms with E-state index >= 15 is 0 Å². The lowest BCUT2D eigenvalue weighted by molar-refractivity contribution is -0.117. The Labute approximate surface area is 192 Å². The van der Waals surface area contributed by atoms with Gasteiger partial charge in [0.1, 0.15) is 24.6 Å². The molecule has 33 heavy (non-hydrogen) atoms. The highest BCUT2D eigenvalue weighted by Crippen LogP contribution is 2.32. The molecule has 0 aliphatic carbocycles. The fourth-order valence-corrected chi connectivity index (χ4v) is 3.62. The van der Waals surface area contributed by atoms with Crippen LogP contribution in [0.25, 0.3) is 0 Å². The summed E-state index contributed by atoms with van der Waals surface area (Å²) in [7, 11) is 1.70. The summed E-state index contributed by atoms with van der Waals surface area (Å²) in [6, 6.07) is 8.59. The lowest BCUT2D eigenvalue weighted by Gasteiger charge is -2.16. The van der Waals surface area contributed by atoms with Crippen molar-refractivity contribution in [1.29, 1.82) is 0 Å². The van der Waals surface area contributed by atoms with Gasteiger partial charge >= 0.3 is 0 Å². The maximum atomic E-state index is 13.8. The van der Waals surface area contributed by atoms with Gasteiger partial charge in [-0.2, -0.15) is 0 Å². The van der Waals surface area contributed by atoms with Gasteiger partial charge in [-0.15, -0.1) is 0 Å². The normalized spacial score (nSPS) is 12.4. The van der Waals surface area contributed by atoms with Gasteiger partial charge in [0, 0.05) is 11.6 Å². The predicted molar refractivity (Wildman–Crippen MR) is 120 cm³/mol. The first-order valence-electron chi connectivity index (χ1n) is 10.0. The van der Waals surface area contributed by atoms with Crippen LogP contribution in [0.2, 0.25) is 5.02 Å². The van der Waals surface area contributed by atoms with Crippen molar-refractivity contribution in [3.05, 3.63) is 80.9 Å². The van der Waals surface area contributed by atoms with E-state index in [4.69, 9.17) is 16.3 Å². The van der Waals surface area contributed by atoms with E-state index in [2.05, 4.69) is 15.6 Å². The molecule has 0 fully saturated rings. The van der Waals surface area contributed by atoms with Crippen LogP contribution in [-0.4, -0.2) is 35.7 Å². The molecule has 0 spiro atoms. The number of likely N-dealkylation sites (N-methyl/N-ethyl adjacent to an activating group) is 1. The van der Waals surface area contributed by atoms with Crippen LogP contribution in [0.3, 0.4) is 0 Å². The van der Waals surface area contributed by atoms with Crippen LogP contribution in [0.4, 0.5) is 20.2 Å². The molecule has 0 saturated heterocycles. The number of hydrogen-bond acceptors (Lipinski definition) is 6. The van der Waals surface area contributed by atoms with E-state index in [0.29, 0.717) is 6.67 Å². The minimum absolute atomic E-state index is 0.0816. The quantitative estimate of drug-likeness (QED) is 0.546. The molecule has 1 aliphatic rings. The molecule has 0 saturated carbocycles. The summed E-state index contributed by atoms with van der Waals surface area (Å²) in [6.07, 6.45) is 1.28. The minimum Gasteiger partial charge on any atom is -0.471 e. The summed E-state index contributed by atoms with van der Waals surface area (Å²) < 4.78 is 33.5. The van der Waals surface area contributed by atoms with Crippen molar-refractivity contribution in [3.8, 4) is 5.88 Å². The molecule has 3 aromatic rings. The van der Waals surface area contributed by atoms with Gasteiger partial charge in [-0.05, 0) is 36.9 Å². The zero-order valence-corrected chi connectivity index (χ0v) is 18.3. The number of anilines is 2. The first kappa shape index (κ1) is 22.7. The fourth-order valence-electron chi connectivity index (χ4n) is 3.41. The summed E-state index contributed by atoms with van der Waals surface area (Å²) in [5.41, 5.74) is 1.87. The Morgan fingerprint density at radius 2 is 2.09 bits per heavy atom. The maximum absolute atomic E-state index is 13.8. The highest BCUT2D eigenvalue weighted by molar-refractivity contribution is 6.31. The van der Waals surface area contributed by atoms with Crippen LogP contribution in [0, 0.1) is 11.6 Å². The van der Waals surface area contributed by atoms with E-state index < -0.39 is 17.2 Å². The van der Waals surface area contributed by atoms with Gasteiger partial charge in [0.25, 0.3) is 5.56 Å². The third kappa shape index (κ3) is 4.81. The number of hydrogen-bond donors (Lipinski definition) is 2. The van der Waals surface area contributed by atoms with Crippen LogP contribution < -0.4 is 25.8 Å². The van der Waals surface area contributed by atoms with Crippen LogP contribution in [0.1, 0.15) is 11.1 Å². The van der Waals surface area contributed by atoms with E-state index in [-0.39, 0.29) is 42.1 Å². The van der Waals surface area contributed by atoms with Gasteiger partial charge in [-0.25, -0.2) is 13.8 Å². The molecule has 0 bridgehead atoms. The second-order valence-electron chi connectivity index (χ2n) is 7.36. The van der Waals surface area contributed by atoms with Gasteiger partial charge in [0.05, 0.1) is 31.1 Å². The number of rotatable bonds is 7. The summed E-state index contributed by atoms with van der Waals surface area (Å²) in [5, 5.41) is 5.74. The molecule has 2 aromatic carbocycles. The number of ether oxygens (including phenoxy) is 1. The third-order valence-electron chi connectivity index (χ3n) is 5.09. The van der Waals surface area contributed by atoms with Crippen LogP contribution >= 0.6 is 11.6 Å². The van der Waals surface area contributed by atoms with Gasteiger partial charge in [0.15, 0.2) is 5.02 Å². The van der Waals surface area contributed by atoms with Crippen molar-refractivity contribution < 1.29 is 18.3 Å². The molecule has 4 rings (SSSR count). The lowest BCUT2D eigenvalue weighted by Crippen LogP contribution is -2.36. The molecule has 0 atom stereocenters. The molecule has 8 nitrogen and oxygen atoms in total. The molecule has 2 heterocycles. The molecular weight excluding hydrogens is 456 g/mol. The number of nitrogens with zero attached hydrogens (tertiary/aromatic N) is 3. The topological polar surface area (TPSA) is 88.5 Å². The van der Waals surface area contributed by atoms with Crippen LogP contribution in [0.5, 0.6) is 5.88 Å². The molecule has 172 valence electrons. The smallest absolute Gasteiger partial charge is 0.276 e. The van der Waals surface area contributed by atoms with Gasteiger partial charge in [-0.1, -0.05) is 17.7 Å². The van der Waals surface area contributed by atoms with E-state index in [1.54, 1.807) is 11.9 Å². The molecule has 1 aromatic heterocycles. The summed E-state index contributed by atoms with van der Waals surface area (Å²) >= 11 is 6.14. The molecular formula is C22H20ClF2N5O3. The lowest BCUT2D eigenvalue weighted by atomic mass is 10.1. The zero-order valence-electron chi connectivity index (χ0n) is 17.6. The van der Waals surface area contributed by atoms with Gasteiger partial charge in [-0.3, -0.25) is 19.1 Å². The Bertz CT molecular complexity index is 1270. The van der Waals surface area contributed by atoms with E-state index in [9.17, 15) is 18.4 Å². The number of nitrogens with one attached hydrogen (secondary N) is 2. The Morgan fingerprint density at radius 3 is 2.85 bits per heavy atom. The Hall–Kier alpha value is -3.50. The highest BCUT2D eigenvalue weighted by Gasteiger charge is 2.24. The van der Waals surface area contributed by atoms with Crippen molar-refractivity contribution in [3.63, 3.8) is 0 Å². The largest absolute Gasteiger partial charge is 0.471 e. The minimum atomic E-state index is -0.771. The van der Waals surface area contributed by atoms with Crippen molar-refractivity contribution in [1.82, 2.24) is 14.9 Å². The average molecular weight is 476 g/mol. The first-order valence-corrected chi connectivity index (χ1v) is 10.4. The first-order chi connectivity index (χ1) is 15.9. The number of carbonyl (C=O) groups is 1. The second-order valence-corrected chi connectivity index (χ2v) is 7.74.